The van der Waals surface area contributed by atoms with Crippen LogP contribution in [0.2, 0.25) is 0 Å². The molecule has 0 aliphatic carbocycles. The first-order valence-electron chi connectivity index (χ1n) is 7.82. The average Bonchev–Trinajstić information content (AvgIpc) is 3.06. The second-order valence-corrected chi connectivity index (χ2v) is 7.14. The zero-order valence-electron chi connectivity index (χ0n) is 12.3. The molecule has 5 rings (SSSR count). The number of pyridine rings is 1. The number of anilines is 1. The number of hydrogen-bond acceptors (Lipinski definition) is 4. The van der Waals surface area contributed by atoms with Gasteiger partial charge < -0.3 is 5.32 Å². The highest BCUT2D eigenvalue weighted by atomic mass is 32.1. The van der Waals surface area contributed by atoms with E-state index in [4.69, 9.17) is 0 Å². The van der Waals surface area contributed by atoms with Crippen molar-refractivity contribution in [2.45, 2.75) is 31.8 Å². The van der Waals surface area contributed by atoms with Crippen LogP contribution in [0.5, 0.6) is 0 Å². The van der Waals surface area contributed by atoms with Crippen molar-refractivity contribution in [1.29, 1.82) is 0 Å². The van der Waals surface area contributed by atoms with Gasteiger partial charge in [-0.05, 0) is 62.4 Å². The van der Waals surface area contributed by atoms with Crippen LogP contribution < -0.4 is 5.32 Å². The molecular weight excluding hydrogens is 278 g/mol. The Morgan fingerprint density at radius 2 is 2.10 bits per heavy atom. The van der Waals surface area contributed by atoms with Gasteiger partial charge in [0, 0.05) is 28.7 Å². The lowest BCUT2D eigenvalue weighted by molar-refractivity contribution is 0.0457. The summed E-state index contributed by atoms with van der Waals surface area (Å²) in [6.45, 7) is 4.90. The van der Waals surface area contributed by atoms with Crippen LogP contribution in [-0.2, 0) is 0 Å². The molecule has 110 valence electrons. The van der Waals surface area contributed by atoms with E-state index in [2.05, 4.69) is 51.8 Å². The predicted molar refractivity (Wildman–Crippen MR) is 88.7 cm³/mol. The quantitative estimate of drug-likeness (QED) is 0.936. The van der Waals surface area contributed by atoms with E-state index in [1.54, 1.807) is 11.3 Å². The molecule has 2 aromatic heterocycles. The number of fused-ring (bicyclic) bond motifs is 3. The van der Waals surface area contributed by atoms with Crippen molar-refractivity contribution < 1.29 is 0 Å². The van der Waals surface area contributed by atoms with Gasteiger partial charge in [-0.2, -0.15) is 0 Å². The van der Waals surface area contributed by atoms with Gasteiger partial charge in [0.05, 0.1) is 0 Å². The van der Waals surface area contributed by atoms with Crippen molar-refractivity contribution in [2.24, 2.45) is 5.92 Å². The van der Waals surface area contributed by atoms with Crippen molar-refractivity contribution >= 4 is 17.2 Å². The third-order valence-electron chi connectivity index (χ3n) is 5.06. The second-order valence-electron chi connectivity index (χ2n) is 6.19. The normalized spacial score (nSPS) is 31.3. The van der Waals surface area contributed by atoms with Crippen LogP contribution in [0.15, 0.2) is 35.8 Å². The maximum Gasteiger partial charge on any atom is 0.126 e. The highest BCUT2D eigenvalue weighted by Crippen LogP contribution is 2.34. The Balaban J connectivity index is 1.50. The summed E-state index contributed by atoms with van der Waals surface area (Å²) in [5, 5.41) is 5.79. The van der Waals surface area contributed by atoms with Gasteiger partial charge in [-0.15, -0.1) is 11.3 Å². The molecule has 21 heavy (non-hydrogen) atoms. The number of rotatable bonds is 3. The minimum Gasteiger partial charge on any atom is -0.365 e. The summed E-state index contributed by atoms with van der Waals surface area (Å²) in [6, 6.07) is 9.70. The highest BCUT2D eigenvalue weighted by Gasteiger charge is 2.39. The van der Waals surface area contributed by atoms with Gasteiger partial charge in [-0.3, -0.25) is 4.90 Å². The molecule has 0 radical (unpaired) electrons. The number of piperidine rings is 3. The standard InChI is InChI=1S/C17H21N3S/c1-12-17(13-6-8-20(12)9-7-13)19-16-5-4-14(11-18-16)15-3-2-10-21-15/h2-5,10-13,17H,6-9H2,1H3,(H,18,19)/t12-,17+/m1/s1. The lowest BCUT2D eigenvalue weighted by Gasteiger charge is -2.50. The van der Waals surface area contributed by atoms with Gasteiger partial charge in [0.25, 0.3) is 0 Å². The molecule has 0 saturated carbocycles. The lowest BCUT2D eigenvalue weighted by Crippen LogP contribution is -2.59. The summed E-state index contributed by atoms with van der Waals surface area (Å²) in [6.07, 6.45) is 4.64. The minimum atomic E-state index is 0.549. The van der Waals surface area contributed by atoms with Gasteiger partial charge >= 0.3 is 0 Å². The van der Waals surface area contributed by atoms with Crippen molar-refractivity contribution in [1.82, 2.24) is 9.88 Å². The maximum atomic E-state index is 4.62. The third kappa shape index (κ3) is 2.47. The molecule has 0 spiro atoms. The summed E-state index contributed by atoms with van der Waals surface area (Å²) < 4.78 is 0. The zero-order chi connectivity index (χ0) is 14.2. The summed E-state index contributed by atoms with van der Waals surface area (Å²) >= 11 is 1.76. The van der Waals surface area contributed by atoms with Gasteiger partial charge in [0.1, 0.15) is 5.82 Å². The first kappa shape index (κ1) is 13.3. The van der Waals surface area contributed by atoms with E-state index in [1.165, 1.54) is 36.4 Å². The Bertz CT molecular complexity index is 583. The molecule has 3 aliphatic heterocycles. The van der Waals surface area contributed by atoms with E-state index in [0.717, 1.165) is 11.7 Å². The van der Waals surface area contributed by atoms with E-state index >= 15 is 0 Å². The molecule has 2 bridgehead atoms. The van der Waals surface area contributed by atoms with Crippen LogP contribution in [0.3, 0.4) is 0 Å². The molecule has 2 aromatic rings. The third-order valence-corrected chi connectivity index (χ3v) is 5.98. The summed E-state index contributed by atoms with van der Waals surface area (Å²) in [5.41, 5.74) is 1.21. The van der Waals surface area contributed by atoms with E-state index in [-0.39, 0.29) is 0 Å². The number of nitrogens with zero attached hydrogens (tertiary/aromatic N) is 2. The van der Waals surface area contributed by atoms with Crippen molar-refractivity contribution in [3.05, 3.63) is 35.8 Å². The predicted octanol–water partition coefficient (Wildman–Crippen LogP) is 3.70. The fraction of sp³-hybridized carbons (Fsp3) is 0.471. The fourth-order valence-corrected chi connectivity index (χ4v) is 4.50. The average molecular weight is 299 g/mol. The first-order chi connectivity index (χ1) is 10.3. The molecule has 0 aromatic carbocycles. The van der Waals surface area contributed by atoms with Crippen LogP contribution in [0.1, 0.15) is 19.8 Å². The van der Waals surface area contributed by atoms with Crippen LogP contribution in [0.4, 0.5) is 5.82 Å². The Kier molecular flexibility index (Phi) is 3.43. The molecule has 3 nitrogen and oxygen atoms in total. The Morgan fingerprint density at radius 3 is 2.71 bits per heavy atom. The Hall–Kier alpha value is -1.39. The lowest BCUT2D eigenvalue weighted by atomic mass is 9.79. The molecule has 1 N–H and O–H groups in total. The zero-order valence-corrected chi connectivity index (χ0v) is 13.1. The molecule has 0 unspecified atom stereocenters. The SMILES string of the molecule is C[C@@H]1[C@H](Nc2ccc(-c3cccs3)cn2)C2CCN1CC2. The van der Waals surface area contributed by atoms with Crippen molar-refractivity contribution in [2.75, 3.05) is 18.4 Å². The van der Waals surface area contributed by atoms with E-state index in [9.17, 15) is 0 Å². The summed E-state index contributed by atoms with van der Waals surface area (Å²) in [5.74, 6) is 1.82. The Labute approximate surface area is 130 Å². The van der Waals surface area contributed by atoms with Gasteiger partial charge in [0.2, 0.25) is 0 Å². The molecule has 3 aliphatic rings. The van der Waals surface area contributed by atoms with Crippen molar-refractivity contribution in [3.63, 3.8) is 0 Å². The van der Waals surface area contributed by atoms with Crippen LogP contribution in [0.25, 0.3) is 10.4 Å². The largest absolute Gasteiger partial charge is 0.365 e. The van der Waals surface area contributed by atoms with E-state index in [0.29, 0.717) is 12.1 Å². The van der Waals surface area contributed by atoms with Crippen LogP contribution in [0, 0.1) is 5.92 Å². The van der Waals surface area contributed by atoms with Gasteiger partial charge in [-0.25, -0.2) is 4.98 Å². The molecule has 5 heterocycles. The summed E-state index contributed by atoms with van der Waals surface area (Å²) in [4.78, 5) is 8.52. The number of aromatic nitrogens is 1. The summed E-state index contributed by atoms with van der Waals surface area (Å²) in [7, 11) is 0. The molecule has 0 amide bonds. The van der Waals surface area contributed by atoms with E-state index in [1.807, 2.05) is 6.20 Å². The number of nitrogens with one attached hydrogen (secondary N) is 1. The topological polar surface area (TPSA) is 28.2 Å². The molecule has 3 fully saturated rings. The first-order valence-corrected chi connectivity index (χ1v) is 8.70. The Morgan fingerprint density at radius 1 is 1.24 bits per heavy atom. The molecular formula is C17H21N3S. The number of thiophene rings is 1. The number of hydrogen-bond donors (Lipinski definition) is 1. The van der Waals surface area contributed by atoms with Gasteiger partial charge in [0.15, 0.2) is 0 Å². The van der Waals surface area contributed by atoms with Crippen molar-refractivity contribution in [3.8, 4) is 10.4 Å². The van der Waals surface area contributed by atoms with E-state index < -0.39 is 0 Å². The molecule has 4 heteroatoms. The molecule has 3 saturated heterocycles. The fourth-order valence-electron chi connectivity index (χ4n) is 3.78. The highest BCUT2D eigenvalue weighted by molar-refractivity contribution is 7.13. The van der Waals surface area contributed by atoms with Gasteiger partial charge in [-0.1, -0.05) is 6.07 Å². The van der Waals surface area contributed by atoms with Crippen LogP contribution >= 0.6 is 11.3 Å². The van der Waals surface area contributed by atoms with Crippen LogP contribution in [-0.4, -0.2) is 35.1 Å². The smallest absolute Gasteiger partial charge is 0.126 e. The maximum absolute atomic E-state index is 4.62. The second kappa shape index (κ2) is 5.43. The molecule has 2 atom stereocenters. The minimum absolute atomic E-state index is 0.549. The monoisotopic (exact) mass is 299 g/mol.